The first kappa shape index (κ1) is 18.7. The van der Waals surface area contributed by atoms with E-state index in [4.69, 9.17) is 9.47 Å². The summed E-state index contributed by atoms with van der Waals surface area (Å²) < 4.78 is 24.0. The van der Waals surface area contributed by atoms with Gasteiger partial charge in [-0.2, -0.15) is 0 Å². The van der Waals surface area contributed by atoms with Gasteiger partial charge >= 0.3 is 0 Å². The number of nitrogens with zero attached hydrogens (tertiary/aromatic N) is 3. The van der Waals surface area contributed by atoms with E-state index in [9.17, 15) is 4.39 Å². The van der Waals surface area contributed by atoms with Crippen LogP contribution >= 0.6 is 11.3 Å². The summed E-state index contributed by atoms with van der Waals surface area (Å²) in [4.78, 5) is 2.30. The molecular weight excluding hydrogens is 377 g/mol. The average Bonchev–Trinajstić information content (AvgIpc) is 3.38. The standard InChI is InChI=1S/C21H22FN3O2S/c1-26-16-9-10-17(19(13-16)27-2)18-4-3-11-25(18)21-24-23-20(28-21)12-14-5-7-15(22)8-6-14/h5-10,13,18H,3-4,11-12H2,1-2H3. The Hall–Kier alpha value is -2.67. The molecule has 1 aliphatic heterocycles. The monoisotopic (exact) mass is 399 g/mol. The molecule has 146 valence electrons. The molecule has 1 unspecified atom stereocenters. The van der Waals surface area contributed by atoms with Crippen molar-refractivity contribution in [1.82, 2.24) is 10.2 Å². The minimum Gasteiger partial charge on any atom is -0.497 e. The fourth-order valence-electron chi connectivity index (χ4n) is 3.62. The number of ether oxygens (including phenoxy) is 2. The van der Waals surface area contributed by atoms with Crippen molar-refractivity contribution in [3.05, 3.63) is 64.4 Å². The van der Waals surface area contributed by atoms with Crippen LogP contribution in [0.2, 0.25) is 0 Å². The maximum atomic E-state index is 13.1. The van der Waals surface area contributed by atoms with Gasteiger partial charge in [0.25, 0.3) is 0 Å². The van der Waals surface area contributed by atoms with E-state index in [1.165, 1.54) is 12.1 Å². The van der Waals surface area contributed by atoms with E-state index in [0.717, 1.165) is 52.2 Å². The smallest absolute Gasteiger partial charge is 0.208 e. The Kier molecular flexibility index (Phi) is 5.43. The normalized spacial score (nSPS) is 16.4. The predicted octanol–water partition coefficient (Wildman–Crippen LogP) is 4.63. The molecule has 2 heterocycles. The lowest BCUT2D eigenvalue weighted by Crippen LogP contribution is -2.22. The molecule has 2 aromatic carbocycles. The highest BCUT2D eigenvalue weighted by atomic mass is 32.1. The Morgan fingerprint density at radius 1 is 1.11 bits per heavy atom. The SMILES string of the molecule is COc1ccc(C2CCCN2c2nnc(Cc3ccc(F)cc3)s2)c(OC)c1. The lowest BCUT2D eigenvalue weighted by molar-refractivity contribution is 0.388. The summed E-state index contributed by atoms with van der Waals surface area (Å²) in [5.41, 5.74) is 2.16. The molecular formula is C21H22FN3O2S. The topological polar surface area (TPSA) is 47.5 Å². The van der Waals surface area contributed by atoms with E-state index in [1.54, 1.807) is 37.7 Å². The summed E-state index contributed by atoms with van der Waals surface area (Å²) >= 11 is 1.59. The molecule has 1 aromatic heterocycles. The van der Waals surface area contributed by atoms with Gasteiger partial charge in [-0.1, -0.05) is 23.5 Å². The van der Waals surface area contributed by atoms with Gasteiger partial charge in [0.1, 0.15) is 22.3 Å². The van der Waals surface area contributed by atoms with E-state index in [0.29, 0.717) is 6.42 Å². The predicted molar refractivity (Wildman–Crippen MR) is 108 cm³/mol. The summed E-state index contributed by atoms with van der Waals surface area (Å²) in [5.74, 6) is 1.38. The molecule has 28 heavy (non-hydrogen) atoms. The molecule has 1 saturated heterocycles. The fraction of sp³-hybridized carbons (Fsp3) is 0.333. The Morgan fingerprint density at radius 3 is 2.68 bits per heavy atom. The summed E-state index contributed by atoms with van der Waals surface area (Å²) in [6, 6.07) is 12.7. The van der Waals surface area contributed by atoms with Gasteiger partial charge in [-0.25, -0.2) is 4.39 Å². The second kappa shape index (κ2) is 8.14. The van der Waals surface area contributed by atoms with E-state index in [-0.39, 0.29) is 11.9 Å². The number of aromatic nitrogens is 2. The van der Waals surface area contributed by atoms with Crippen molar-refractivity contribution in [2.45, 2.75) is 25.3 Å². The number of methoxy groups -OCH3 is 2. The van der Waals surface area contributed by atoms with Crippen LogP contribution in [0.4, 0.5) is 9.52 Å². The summed E-state index contributed by atoms with van der Waals surface area (Å²) in [5, 5.41) is 10.6. The van der Waals surface area contributed by atoms with Crippen LogP contribution < -0.4 is 14.4 Å². The highest BCUT2D eigenvalue weighted by Gasteiger charge is 2.31. The molecule has 0 saturated carbocycles. The molecule has 3 aromatic rings. The maximum Gasteiger partial charge on any atom is 0.208 e. The van der Waals surface area contributed by atoms with Crippen LogP contribution in [0.5, 0.6) is 11.5 Å². The molecule has 7 heteroatoms. The molecule has 0 amide bonds. The van der Waals surface area contributed by atoms with Crippen LogP contribution in [0.25, 0.3) is 0 Å². The zero-order valence-electron chi connectivity index (χ0n) is 15.9. The van der Waals surface area contributed by atoms with Crippen molar-refractivity contribution in [1.29, 1.82) is 0 Å². The first-order chi connectivity index (χ1) is 13.7. The largest absolute Gasteiger partial charge is 0.497 e. The van der Waals surface area contributed by atoms with Crippen LogP contribution in [0.15, 0.2) is 42.5 Å². The van der Waals surface area contributed by atoms with Gasteiger partial charge in [0, 0.05) is 24.6 Å². The lowest BCUT2D eigenvalue weighted by Gasteiger charge is -2.25. The number of halogens is 1. The molecule has 0 aliphatic carbocycles. The molecule has 0 spiro atoms. The zero-order valence-corrected chi connectivity index (χ0v) is 16.7. The number of hydrogen-bond donors (Lipinski definition) is 0. The maximum absolute atomic E-state index is 13.1. The van der Waals surface area contributed by atoms with Crippen molar-refractivity contribution in [3.63, 3.8) is 0 Å². The molecule has 1 aliphatic rings. The van der Waals surface area contributed by atoms with Crippen LogP contribution in [0, 0.1) is 5.82 Å². The molecule has 5 nitrogen and oxygen atoms in total. The molecule has 1 fully saturated rings. The van der Waals surface area contributed by atoms with Crippen molar-refractivity contribution < 1.29 is 13.9 Å². The minimum atomic E-state index is -0.227. The van der Waals surface area contributed by atoms with E-state index < -0.39 is 0 Å². The van der Waals surface area contributed by atoms with Crippen molar-refractivity contribution >= 4 is 16.5 Å². The van der Waals surface area contributed by atoms with Gasteiger partial charge in [0.05, 0.1) is 20.3 Å². The zero-order chi connectivity index (χ0) is 19.5. The Morgan fingerprint density at radius 2 is 1.93 bits per heavy atom. The van der Waals surface area contributed by atoms with Crippen molar-refractivity contribution in [2.75, 3.05) is 25.7 Å². The summed E-state index contributed by atoms with van der Waals surface area (Å²) in [6.45, 7) is 0.936. The van der Waals surface area contributed by atoms with Crippen LogP contribution in [-0.4, -0.2) is 31.0 Å². The van der Waals surface area contributed by atoms with Crippen LogP contribution in [0.3, 0.4) is 0 Å². The lowest BCUT2D eigenvalue weighted by atomic mass is 10.0. The number of rotatable bonds is 6. The van der Waals surface area contributed by atoms with Gasteiger partial charge in [-0.3, -0.25) is 0 Å². The summed E-state index contributed by atoms with van der Waals surface area (Å²) in [7, 11) is 3.34. The van der Waals surface area contributed by atoms with Gasteiger partial charge in [0.2, 0.25) is 5.13 Å². The molecule has 0 N–H and O–H groups in total. The summed E-state index contributed by atoms with van der Waals surface area (Å²) in [6.07, 6.45) is 2.78. The van der Waals surface area contributed by atoms with E-state index in [1.807, 2.05) is 12.1 Å². The van der Waals surface area contributed by atoms with Gasteiger partial charge in [-0.05, 0) is 42.7 Å². The third-order valence-electron chi connectivity index (χ3n) is 5.02. The van der Waals surface area contributed by atoms with Crippen LogP contribution in [0.1, 0.15) is 35.0 Å². The van der Waals surface area contributed by atoms with Gasteiger partial charge in [0.15, 0.2) is 0 Å². The molecule has 1 atom stereocenters. The fourth-order valence-corrected chi connectivity index (χ4v) is 4.57. The Labute approximate surface area is 167 Å². The second-order valence-corrected chi connectivity index (χ2v) is 7.78. The number of hydrogen-bond acceptors (Lipinski definition) is 6. The van der Waals surface area contributed by atoms with Gasteiger partial charge in [-0.15, -0.1) is 10.2 Å². The van der Waals surface area contributed by atoms with E-state index in [2.05, 4.69) is 21.2 Å². The minimum absolute atomic E-state index is 0.201. The first-order valence-electron chi connectivity index (χ1n) is 9.23. The van der Waals surface area contributed by atoms with Gasteiger partial charge < -0.3 is 14.4 Å². The van der Waals surface area contributed by atoms with E-state index >= 15 is 0 Å². The average molecular weight is 399 g/mol. The first-order valence-corrected chi connectivity index (χ1v) is 10.0. The van der Waals surface area contributed by atoms with Crippen LogP contribution in [-0.2, 0) is 6.42 Å². The number of benzene rings is 2. The van der Waals surface area contributed by atoms with Crippen molar-refractivity contribution in [2.24, 2.45) is 0 Å². The molecule has 4 rings (SSSR count). The molecule has 0 bridgehead atoms. The number of anilines is 1. The molecule has 0 radical (unpaired) electrons. The third kappa shape index (κ3) is 3.80. The Balaban J connectivity index is 1.56. The highest BCUT2D eigenvalue weighted by Crippen LogP contribution is 2.42. The Bertz CT molecular complexity index is 945. The second-order valence-electron chi connectivity index (χ2n) is 6.74. The third-order valence-corrected chi connectivity index (χ3v) is 5.98. The van der Waals surface area contributed by atoms with Crippen molar-refractivity contribution in [3.8, 4) is 11.5 Å². The highest BCUT2D eigenvalue weighted by molar-refractivity contribution is 7.15. The quantitative estimate of drug-likeness (QED) is 0.605.